The summed E-state index contributed by atoms with van der Waals surface area (Å²) in [5, 5.41) is 0. The zero-order valence-electron chi connectivity index (χ0n) is 14.7. The predicted molar refractivity (Wildman–Crippen MR) is 96.6 cm³/mol. The van der Waals surface area contributed by atoms with E-state index < -0.39 is 0 Å². The molecule has 4 rings (SSSR count). The second kappa shape index (κ2) is 6.95. The van der Waals surface area contributed by atoms with Crippen molar-refractivity contribution < 1.29 is 18.8 Å². The molecular formula is C21H19FN2O3. The molecular weight excluding hydrogens is 347 g/mol. The van der Waals surface area contributed by atoms with E-state index in [0.29, 0.717) is 42.6 Å². The molecule has 0 unspecified atom stereocenters. The van der Waals surface area contributed by atoms with Gasteiger partial charge in [-0.25, -0.2) is 4.39 Å². The van der Waals surface area contributed by atoms with Crippen molar-refractivity contribution in [2.75, 3.05) is 13.1 Å². The van der Waals surface area contributed by atoms with E-state index in [1.54, 1.807) is 47.4 Å². The molecule has 2 aromatic carbocycles. The lowest BCUT2D eigenvalue weighted by atomic mass is 10.0. The first-order valence-corrected chi connectivity index (χ1v) is 9.04. The summed E-state index contributed by atoms with van der Waals surface area (Å²) in [4.78, 5) is 40.7. The Labute approximate surface area is 156 Å². The summed E-state index contributed by atoms with van der Waals surface area (Å²) in [6, 6.07) is 12.9. The van der Waals surface area contributed by atoms with Gasteiger partial charge in [-0.1, -0.05) is 30.3 Å². The summed E-state index contributed by atoms with van der Waals surface area (Å²) in [5.74, 6) is -1.04. The Balaban J connectivity index is 1.40. The van der Waals surface area contributed by atoms with Crippen molar-refractivity contribution in [3.63, 3.8) is 0 Å². The molecule has 0 bridgehead atoms. The first-order valence-electron chi connectivity index (χ1n) is 9.04. The molecule has 6 heteroatoms. The molecule has 0 aromatic heterocycles. The smallest absolute Gasteiger partial charge is 0.261 e. The maximum Gasteiger partial charge on any atom is 0.261 e. The number of amides is 3. The number of piperidine rings is 1. The van der Waals surface area contributed by atoms with Crippen LogP contribution in [0.5, 0.6) is 0 Å². The third kappa shape index (κ3) is 3.12. The average Bonchev–Trinajstić information content (AvgIpc) is 2.95. The first-order chi connectivity index (χ1) is 13.1. The lowest BCUT2D eigenvalue weighted by Crippen LogP contribution is -2.49. The normalized spacial score (nSPS) is 17.4. The van der Waals surface area contributed by atoms with Crippen LogP contribution in [-0.2, 0) is 11.2 Å². The Morgan fingerprint density at radius 2 is 1.48 bits per heavy atom. The molecule has 3 amide bonds. The fraction of sp³-hybridized carbons (Fsp3) is 0.286. The van der Waals surface area contributed by atoms with Gasteiger partial charge < -0.3 is 4.90 Å². The third-order valence-corrected chi connectivity index (χ3v) is 5.31. The highest BCUT2D eigenvalue weighted by atomic mass is 19.1. The average molecular weight is 366 g/mol. The Morgan fingerprint density at radius 1 is 0.926 bits per heavy atom. The summed E-state index contributed by atoms with van der Waals surface area (Å²) in [6.07, 6.45) is 1.09. The largest absolute Gasteiger partial charge is 0.342 e. The number of benzene rings is 2. The van der Waals surface area contributed by atoms with Crippen molar-refractivity contribution in [2.45, 2.75) is 25.3 Å². The number of halogens is 1. The standard InChI is InChI=1S/C21H19FN2O3/c22-18-8-4-1-5-14(18)13-19(25)23-11-9-15(10-12-23)24-20(26)16-6-2-3-7-17(16)21(24)27/h1-8,15H,9-13H2. The van der Waals surface area contributed by atoms with Crippen LogP contribution in [0.25, 0.3) is 0 Å². The van der Waals surface area contributed by atoms with Crippen LogP contribution < -0.4 is 0 Å². The molecule has 2 aliphatic heterocycles. The number of hydrogen-bond donors (Lipinski definition) is 0. The molecule has 2 aromatic rings. The maximum absolute atomic E-state index is 13.7. The van der Waals surface area contributed by atoms with E-state index in [9.17, 15) is 18.8 Å². The molecule has 0 aliphatic carbocycles. The van der Waals surface area contributed by atoms with Crippen molar-refractivity contribution in [1.82, 2.24) is 9.80 Å². The Bertz CT molecular complexity index is 884. The summed E-state index contributed by atoms with van der Waals surface area (Å²) in [7, 11) is 0. The van der Waals surface area contributed by atoms with Gasteiger partial charge in [-0.15, -0.1) is 0 Å². The summed E-state index contributed by atoms with van der Waals surface area (Å²) in [6.45, 7) is 0.900. The lowest BCUT2D eigenvalue weighted by molar-refractivity contribution is -0.131. The number of rotatable bonds is 3. The van der Waals surface area contributed by atoms with Crippen LogP contribution in [0.1, 0.15) is 39.1 Å². The second-order valence-corrected chi connectivity index (χ2v) is 6.91. The molecule has 2 heterocycles. The van der Waals surface area contributed by atoms with Gasteiger partial charge in [0, 0.05) is 19.1 Å². The number of fused-ring (bicyclic) bond motifs is 1. The van der Waals surface area contributed by atoms with E-state index >= 15 is 0 Å². The fourth-order valence-corrected chi connectivity index (χ4v) is 3.83. The zero-order valence-corrected chi connectivity index (χ0v) is 14.7. The fourth-order valence-electron chi connectivity index (χ4n) is 3.83. The molecule has 27 heavy (non-hydrogen) atoms. The van der Waals surface area contributed by atoms with Crippen molar-refractivity contribution in [3.8, 4) is 0 Å². The van der Waals surface area contributed by atoms with E-state index in [1.807, 2.05) is 0 Å². The van der Waals surface area contributed by atoms with Gasteiger partial charge in [-0.05, 0) is 36.6 Å². The summed E-state index contributed by atoms with van der Waals surface area (Å²) >= 11 is 0. The number of likely N-dealkylation sites (tertiary alicyclic amines) is 1. The molecule has 0 saturated carbocycles. The van der Waals surface area contributed by atoms with Crippen molar-refractivity contribution in [3.05, 3.63) is 71.0 Å². The summed E-state index contributed by atoms with van der Waals surface area (Å²) < 4.78 is 13.7. The number of carbonyl (C=O) groups excluding carboxylic acids is 3. The summed E-state index contributed by atoms with van der Waals surface area (Å²) in [5.41, 5.74) is 1.27. The Kier molecular flexibility index (Phi) is 4.48. The van der Waals surface area contributed by atoms with Crippen LogP contribution in [0.3, 0.4) is 0 Å². The van der Waals surface area contributed by atoms with Gasteiger partial charge in [0.15, 0.2) is 0 Å². The van der Waals surface area contributed by atoms with Gasteiger partial charge in [0.05, 0.1) is 17.5 Å². The molecule has 1 saturated heterocycles. The highest BCUT2D eigenvalue weighted by Gasteiger charge is 2.41. The van der Waals surface area contributed by atoms with Crippen LogP contribution in [0, 0.1) is 5.82 Å². The quantitative estimate of drug-likeness (QED) is 0.785. The second-order valence-electron chi connectivity index (χ2n) is 6.91. The van der Waals surface area contributed by atoms with E-state index in [-0.39, 0.29) is 36.0 Å². The monoisotopic (exact) mass is 366 g/mol. The minimum Gasteiger partial charge on any atom is -0.342 e. The van der Waals surface area contributed by atoms with Gasteiger partial charge in [0.25, 0.3) is 11.8 Å². The number of nitrogens with zero attached hydrogens (tertiary/aromatic N) is 2. The molecule has 0 spiro atoms. The van der Waals surface area contributed by atoms with Gasteiger partial charge in [0.2, 0.25) is 5.91 Å². The topological polar surface area (TPSA) is 57.7 Å². The highest BCUT2D eigenvalue weighted by molar-refractivity contribution is 6.21. The third-order valence-electron chi connectivity index (χ3n) is 5.31. The lowest BCUT2D eigenvalue weighted by Gasteiger charge is -2.35. The van der Waals surface area contributed by atoms with Crippen molar-refractivity contribution in [1.29, 1.82) is 0 Å². The number of hydrogen-bond acceptors (Lipinski definition) is 3. The van der Waals surface area contributed by atoms with Gasteiger partial charge >= 0.3 is 0 Å². The molecule has 138 valence electrons. The molecule has 5 nitrogen and oxygen atoms in total. The Hall–Kier alpha value is -3.02. The number of carbonyl (C=O) groups is 3. The molecule has 0 radical (unpaired) electrons. The maximum atomic E-state index is 13.7. The minimum atomic E-state index is -0.383. The van der Waals surface area contributed by atoms with Crippen LogP contribution in [0.15, 0.2) is 48.5 Å². The molecule has 1 fully saturated rings. The van der Waals surface area contributed by atoms with Gasteiger partial charge in [-0.3, -0.25) is 19.3 Å². The molecule has 2 aliphatic rings. The van der Waals surface area contributed by atoms with Crippen LogP contribution >= 0.6 is 0 Å². The van der Waals surface area contributed by atoms with Crippen LogP contribution in [-0.4, -0.2) is 46.7 Å². The van der Waals surface area contributed by atoms with Crippen LogP contribution in [0.2, 0.25) is 0 Å². The van der Waals surface area contributed by atoms with Crippen molar-refractivity contribution in [2.24, 2.45) is 0 Å². The van der Waals surface area contributed by atoms with Gasteiger partial charge in [0.1, 0.15) is 5.82 Å². The molecule has 0 N–H and O–H groups in total. The predicted octanol–water partition coefficient (Wildman–Crippen LogP) is 2.66. The van der Waals surface area contributed by atoms with Gasteiger partial charge in [-0.2, -0.15) is 0 Å². The highest BCUT2D eigenvalue weighted by Crippen LogP contribution is 2.28. The Morgan fingerprint density at radius 3 is 2.07 bits per heavy atom. The van der Waals surface area contributed by atoms with E-state index in [2.05, 4.69) is 0 Å². The zero-order chi connectivity index (χ0) is 19.0. The van der Waals surface area contributed by atoms with E-state index in [4.69, 9.17) is 0 Å². The van der Waals surface area contributed by atoms with Crippen molar-refractivity contribution >= 4 is 17.7 Å². The SMILES string of the molecule is O=C(Cc1ccccc1F)N1CCC(N2C(=O)c3ccccc3C2=O)CC1. The first kappa shape index (κ1) is 17.4. The van der Waals surface area contributed by atoms with Crippen LogP contribution in [0.4, 0.5) is 4.39 Å². The van der Waals surface area contributed by atoms with E-state index in [0.717, 1.165) is 0 Å². The minimum absolute atomic E-state index is 0.0182. The van der Waals surface area contributed by atoms with E-state index in [1.165, 1.54) is 11.0 Å². The number of imide groups is 1. The molecule has 0 atom stereocenters.